The molecule has 116 valence electrons. The summed E-state index contributed by atoms with van der Waals surface area (Å²) >= 11 is 3.49. The summed E-state index contributed by atoms with van der Waals surface area (Å²) in [5.74, 6) is 0.0911. The molecule has 0 saturated carbocycles. The van der Waals surface area contributed by atoms with E-state index >= 15 is 0 Å². The van der Waals surface area contributed by atoms with Gasteiger partial charge in [0.15, 0.2) is 0 Å². The Balaban J connectivity index is 1.72. The van der Waals surface area contributed by atoms with E-state index in [9.17, 15) is 4.79 Å². The molecule has 2 heterocycles. The normalized spacial score (nSPS) is 14.1. The summed E-state index contributed by atoms with van der Waals surface area (Å²) in [6, 6.07) is 16.1. The minimum atomic E-state index is 0.0911. The summed E-state index contributed by atoms with van der Waals surface area (Å²) in [5.41, 5.74) is 4.61. The van der Waals surface area contributed by atoms with Crippen LogP contribution in [0.5, 0.6) is 0 Å². The van der Waals surface area contributed by atoms with Crippen LogP contribution in [0.15, 0.2) is 53.0 Å². The molecule has 4 heteroatoms. The third-order valence-electron chi connectivity index (χ3n) is 4.71. The van der Waals surface area contributed by atoms with Gasteiger partial charge in [-0.2, -0.15) is 0 Å². The number of nitrogens with zero attached hydrogens (tertiary/aromatic N) is 2. The second-order valence-electron chi connectivity index (χ2n) is 5.96. The number of hydrogen-bond donors (Lipinski definition) is 0. The molecule has 0 saturated heterocycles. The minimum Gasteiger partial charge on any atom is -0.346 e. The molecule has 3 nitrogen and oxygen atoms in total. The maximum absolute atomic E-state index is 12.8. The predicted molar refractivity (Wildman–Crippen MR) is 95.5 cm³/mol. The number of carbonyl (C=O) groups excluding carboxylic acids is 1. The molecule has 0 radical (unpaired) electrons. The van der Waals surface area contributed by atoms with Gasteiger partial charge in [0, 0.05) is 34.7 Å². The zero-order chi connectivity index (χ0) is 16.0. The molecule has 1 amide bonds. The van der Waals surface area contributed by atoms with Crippen LogP contribution >= 0.6 is 15.9 Å². The van der Waals surface area contributed by atoms with Gasteiger partial charge in [0.05, 0.1) is 12.1 Å². The molecular formula is C19H17BrN2O. The summed E-state index contributed by atoms with van der Waals surface area (Å²) in [6.07, 6.45) is 0.910. The van der Waals surface area contributed by atoms with Crippen LogP contribution in [-0.2, 0) is 20.0 Å². The summed E-state index contributed by atoms with van der Waals surface area (Å²) in [5, 5.41) is 1.32. The van der Waals surface area contributed by atoms with Crippen LogP contribution in [0.2, 0.25) is 0 Å². The van der Waals surface area contributed by atoms with Gasteiger partial charge in [0.1, 0.15) is 0 Å². The Labute approximate surface area is 143 Å². The van der Waals surface area contributed by atoms with E-state index in [-0.39, 0.29) is 5.91 Å². The summed E-state index contributed by atoms with van der Waals surface area (Å²) < 4.78 is 3.08. The van der Waals surface area contributed by atoms with Crippen molar-refractivity contribution in [3.8, 4) is 0 Å². The van der Waals surface area contributed by atoms with Gasteiger partial charge in [0.25, 0.3) is 5.91 Å². The van der Waals surface area contributed by atoms with Crippen molar-refractivity contribution in [3.63, 3.8) is 0 Å². The predicted octanol–water partition coefficient (Wildman–Crippen LogP) is 4.14. The SMILES string of the molecule is Cn1c2c(c3ccccc31)CCN(C(=O)c1ccccc1Br)C2. The first-order valence-electron chi connectivity index (χ1n) is 7.76. The number of para-hydroxylation sites is 1. The first-order chi connectivity index (χ1) is 11.2. The molecule has 2 aromatic carbocycles. The monoisotopic (exact) mass is 368 g/mol. The topological polar surface area (TPSA) is 25.2 Å². The number of benzene rings is 2. The van der Waals surface area contributed by atoms with Gasteiger partial charge in [-0.15, -0.1) is 0 Å². The molecular weight excluding hydrogens is 352 g/mol. The van der Waals surface area contributed by atoms with Crippen LogP contribution in [0.1, 0.15) is 21.6 Å². The number of aryl methyl sites for hydroxylation is 1. The minimum absolute atomic E-state index is 0.0911. The van der Waals surface area contributed by atoms with Crippen molar-refractivity contribution in [2.75, 3.05) is 6.54 Å². The van der Waals surface area contributed by atoms with Crippen molar-refractivity contribution >= 4 is 32.7 Å². The molecule has 0 spiro atoms. The van der Waals surface area contributed by atoms with E-state index in [0.717, 1.165) is 23.0 Å². The zero-order valence-corrected chi connectivity index (χ0v) is 14.5. The largest absolute Gasteiger partial charge is 0.346 e. The lowest BCUT2D eigenvalue weighted by atomic mass is 10.0. The molecule has 0 atom stereocenters. The maximum atomic E-state index is 12.8. The fourth-order valence-electron chi connectivity index (χ4n) is 3.49. The summed E-state index contributed by atoms with van der Waals surface area (Å²) in [7, 11) is 2.09. The molecule has 0 aliphatic carbocycles. The van der Waals surface area contributed by atoms with Crippen LogP contribution < -0.4 is 0 Å². The third-order valence-corrected chi connectivity index (χ3v) is 5.40. The van der Waals surface area contributed by atoms with Crippen LogP contribution in [-0.4, -0.2) is 21.9 Å². The number of fused-ring (bicyclic) bond motifs is 3. The van der Waals surface area contributed by atoms with Crippen molar-refractivity contribution in [3.05, 3.63) is 69.8 Å². The number of amides is 1. The molecule has 0 unspecified atom stereocenters. The van der Waals surface area contributed by atoms with Crippen molar-refractivity contribution < 1.29 is 4.79 Å². The van der Waals surface area contributed by atoms with Gasteiger partial charge in [-0.25, -0.2) is 0 Å². The first-order valence-corrected chi connectivity index (χ1v) is 8.55. The van der Waals surface area contributed by atoms with Gasteiger partial charge in [-0.1, -0.05) is 30.3 Å². The Morgan fingerprint density at radius 1 is 1.09 bits per heavy atom. The van der Waals surface area contributed by atoms with E-state index < -0.39 is 0 Å². The lowest BCUT2D eigenvalue weighted by Gasteiger charge is -2.28. The van der Waals surface area contributed by atoms with E-state index in [1.54, 1.807) is 0 Å². The molecule has 1 aliphatic heterocycles. The van der Waals surface area contributed by atoms with Gasteiger partial charge in [-0.05, 0) is 46.1 Å². The van der Waals surface area contributed by atoms with Gasteiger partial charge in [0.2, 0.25) is 0 Å². The van der Waals surface area contributed by atoms with Crippen molar-refractivity contribution in [1.82, 2.24) is 9.47 Å². The Bertz CT molecular complexity index is 913. The standard InChI is InChI=1S/C19H17BrN2O/c1-21-17-9-5-3-6-13(17)14-10-11-22(12-18(14)21)19(23)15-7-2-4-8-16(15)20/h2-9H,10-12H2,1H3. The quantitative estimate of drug-likeness (QED) is 0.633. The third kappa shape index (κ3) is 2.29. The summed E-state index contributed by atoms with van der Waals surface area (Å²) in [6.45, 7) is 1.43. The molecule has 3 aromatic rings. The second kappa shape index (κ2) is 5.53. The van der Waals surface area contributed by atoms with E-state index in [0.29, 0.717) is 6.54 Å². The molecule has 1 aliphatic rings. The first kappa shape index (κ1) is 14.5. The smallest absolute Gasteiger partial charge is 0.255 e. The number of hydrogen-bond acceptors (Lipinski definition) is 1. The molecule has 0 fully saturated rings. The number of halogens is 1. The molecule has 23 heavy (non-hydrogen) atoms. The van der Waals surface area contributed by atoms with Gasteiger partial charge < -0.3 is 9.47 Å². The van der Waals surface area contributed by atoms with Crippen LogP contribution in [0.4, 0.5) is 0 Å². The highest BCUT2D eigenvalue weighted by Crippen LogP contribution is 2.31. The van der Waals surface area contributed by atoms with E-state index in [4.69, 9.17) is 0 Å². The van der Waals surface area contributed by atoms with Gasteiger partial charge in [-0.3, -0.25) is 4.79 Å². The lowest BCUT2D eigenvalue weighted by Crippen LogP contribution is -2.36. The second-order valence-corrected chi connectivity index (χ2v) is 6.81. The molecule has 0 N–H and O–H groups in total. The molecule has 4 rings (SSSR count). The highest BCUT2D eigenvalue weighted by molar-refractivity contribution is 9.10. The highest BCUT2D eigenvalue weighted by Gasteiger charge is 2.26. The zero-order valence-electron chi connectivity index (χ0n) is 12.9. The van der Waals surface area contributed by atoms with Crippen molar-refractivity contribution in [2.24, 2.45) is 7.05 Å². The van der Waals surface area contributed by atoms with Crippen molar-refractivity contribution in [1.29, 1.82) is 0 Å². The molecule has 0 bridgehead atoms. The average molecular weight is 369 g/mol. The number of aromatic nitrogens is 1. The Morgan fingerprint density at radius 2 is 1.83 bits per heavy atom. The Kier molecular flexibility index (Phi) is 3.49. The number of carbonyl (C=O) groups is 1. The number of rotatable bonds is 1. The van der Waals surface area contributed by atoms with E-state index in [1.807, 2.05) is 29.2 Å². The lowest BCUT2D eigenvalue weighted by molar-refractivity contribution is 0.0730. The molecule has 1 aromatic heterocycles. The van der Waals surface area contributed by atoms with E-state index in [1.165, 1.54) is 22.2 Å². The highest BCUT2D eigenvalue weighted by atomic mass is 79.9. The van der Waals surface area contributed by atoms with E-state index in [2.05, 4.69) is 51.8 Å². The van der Waals surface area contributed by atoms with Crippen LogP contribution in [0, 0.1) is 0 Å². The van der Waals surface area contributed by atoms with Crippen LogP contribution in [0.25, 0.3) is 10.9 Å². The average Bonchev–Trinajstić information content (AvgIpc) is 2.88. The fraction of sp³-hybridized carbons (Fsp3) is 0.211. The maximum Gasteiger partial charge on any atom is 0.255 e. The van der Waals surface area contributed by atoms with Crippen molar-refractivity contribution in [2.45, 2.75) is 13.0 Å². The summed E-state index contributed by atoms with van der Waals surface area (Å²) in [4.78, 5) is 14.8. The van der Waals surface area contributed by atoms with Gasteiger partial charge >= 0.3 is 0 Å². The fourth-order valence-corrected chi connectivity index (χ4v) is 3.94. The Morgan fingerprint density at radius 3 is 2.65 bits per heavy atom. The van der Waals surface area contributed by atoms with Crippen LogP contribution in [0.3, 0.4) is 0 Å². The Hall–Kier alpha value is -2.07.